The minimum Gasteiger partial charge on any atom is -0.494 e. The maximum absolute atomic E-state index is 12.7. The molecule has 1 aliphatic heterocycles. The lowest BCUT2D eigenvalue weighted by Crippen LogP contribution is -2.38. The van der Waals surface area contributed by atoms with E-state index in [1.54, 1.807) is 29.2 Å². The van der Waals surface area contributed by atoms with Crippen LogP contribution in [0.5, 0.6) is 11.5 Å². The molecule has 1 fully saturated rings. The molecule has 0 bridgehead atoms. The van der Waals surface area contributed by atoms with Crippen molar-refractivity contribution in [1.29, 1.82) is 0 Å². The molecule has 0 atom stereocenters. The maximum Gasteiger partial charge on any atom is 0.417 e. The van der Waals surface area contributed by atoms with Gasteiger partial charge in [0, 0.05) is 32.4 Å². The van der Waals surface area contributed by atoms with Gasteiger partial charge in [0.25, 0.3) is 5.91 Å². The summed E-state index contributed by atoms with van der Waals surface area (Å²) in [7, 11) is 0. The SMILES string of the molecule is CCOc1ccc(OCC(=O)N2CCCN(c3ccc(C(F)(F)F)cn3)CC2)cc1. The molecule has 1 aromatic heterocycles. The van der Waals surface area contributed by atoms with Gasteiger partial charge in [-0.3, -0.25) is 4.79 Å². The van der Waals surface area contributed by atoms with E-state index in [9.17, 15) is 18.0 Å². The van der Waals surface area contributed by atoms with Crippen LogP contribution < -0.4 is 14.4 Å². The Morgan fingerprint density at radius 1 is 1.00 bits per heavy atom. The number of amides is 1. The number of rotatable bonds is 6. The summed E-state index contributed by atoms with van der Waals surface area (Å²) in [6.07, 6.45) is -2.87. The minimum absolute atomic E-state index is 0.0769. The predicted octanol–water partition coefficient (Wildman–Crippen LogP) is 3.62. The molecule has 1 aliphatic rings. The van der Waals surface area contributed by atoms with Gasteiger partial charge in [0.15, 0.2) is 6.61 Å². The van der Waals surface area contributed by atoms with Crippen LogP contribution in [0.25, 0.3) is 0 Å². The highest BCUT2D eigenvalue weighted by molar-refractivity contribution is 5.78. The van der Waals surface area contributed by atoms with E-state index in [1.165, 1.54) is 6.07 Å². The summed E-state index contributed by atoms with van der Waals surface area (Å²) in [5, 5.41) is 0. The average molecular weight is 423 g/mol. The first kappa shape index (κ1) is 21.7. The van der Waals surface area contributed by atoms with Gasteiger partial charge in [0.1, 0.15) is 17.3 Å². The predicted molar refractivity (Wildman–Crippen MR) is 106 cm³/mol. The summed E-state index contributed by atoms with van der Waals surface area (Å²) in [6, 6.07) is 9.46. The van der Waals surface area contributed by atoms with Crippen LogP contribution in [0.4, 0.5) is 19.0 Å². The van der Waals surface area contributed by atoms with Gasteiger partial charge in [-0.25, -0.2) is 4.98 Å². The van der Waals surface area contributed by atoms with Crippen LogP contribution in [0.3, 0.4) is 0 Å². The van der Waals surface area contributed by atoms with Crippen LogP contribution in [0.15, 0.2) is 42.6 Å². The highest BCUT2D eigenvalue weighted by Gasteiger charge is 2.31. The average Bonchev–Trinajstić information content (AvgIpc) is 2.99. The number of ether oxygens (including phenoxy) is 2. The Balaban J connectivity index is 1.51. The first-order valence-electron chi connectivity index (χ1n) is 9.78. The summed E-state index contributed by atoms with van der Waals surface area (Å²) in [5.41, 5.74) is -0.774. The van der Waals surface area contributed by atoms with Crippen LogP contribution in [-0.2, 0) is 11.0 Å². The first-order chi connectivity index (χ1) is 14.4. The van der Waals surface area contributed by atoms with Gasteiger partial charge in [0.05, 0.1) is 12.2 Å². The van der Waals surface area contributed by atoms with E-state index in [2.05, 4.69) is 4.98 Å². The Bertz CT molecular complexity index is 826. The second-order valence-electron chi connectivity index (χ2n) is 6.82. The molecule has 2 aromatic rings. The molecule has 1 saturated heterocycles. The van der Waals surface area contributed by atoms with Crippen LogP contribution in [0.2, 0.25) is 0 Å². The zero-order valence-electron chi connectivity index (χ0n) is 16.7. The molecule has 3 rings (SSSR count). The van der Waals surface area contributed by atoms with Crippen LogP contribution in [-0.4, -0.2) is 55.2 Å². The molecular formula is C21H24F3N3O3. The van der Waals surface area contributed by atoms with Crippen LogP contribution in [0, 0.1) is 0 Å². The number of carbonyl (C=O) groups excluding carboxylic acids is 1. The molecule has 0 unspecified atom stereocenters. The minimum atomic E-state index is -4.41. The van der Waals surface area contributed by atoms with Gasteiger partial charge < -0.3 is 19.3 Å². The zero-order chi connectivity index (χ0) is 21.6. The summed E-state index contributed by atoms with van der Waals surface area (Å²) in [4.78, 5) is 20.0. The largest absolute Gasteiger partial charge is 0.494 e. The lowest BCUT2D eigenvalue weighted by Gasteiger charge is -2.23. The van der Waals surface area contributed by atoms with Crippen LogP contribution >= 0.6 is 0 Å². The second-order valence-corrected chi connectivity index (χ2v) is 6.82. The fourth-order valence-corrected chi connectivity index (χ4v) is 3.17. The monoisotopic (exact) mass is 423 g/mol. The van der Waals surface area contributed by atoms with Gasteiger partial charge in [0.2, 0.25) is 0 Å². The van der Waals surface area contributed by atoms with Crippen molar-refractivity contribution in [2.24, 2.45) is 0 Å². The number of halogens is 3. The van der Waals surface area contributed by atoms with Gasteiger partial charge >= 0.3 is 6.18 Å². The van der Waals surface area contributed by atoms with E-state index in [1.807, 2.05) is 11.8 Å². The Labute approximate surface area is 173 Å². The number of pyridine rings is 1. The Hall–Kier alpha value is -2.97. The molecule has 0 aliphatic carbocycles. The number of nitrogens with zero attached hydrogens (tertiary/aromatic N) is 3. The van der Waals surface area contributed by atoms with Crippen molar-refractivity contribution in [3.05, 3.63) is 48.2 Å². The van der Waals surface area contributed by atoms with Crippen LogP contribution in [0.1, 0.15) is 18.9 Å². The van der Waals surface area contributed by atoms with E-state index in [0.717, 1.165) is 18.0 Å². The third-order valence-corrected chi connectivity index (χ3v) is 4.74. The zero-order valence-corrected chi connectivity index (χ0v) is 16.7. The fourth-order valence-electron chi connectivity index (χ4n) is 3.17. The van der Waals surface area contributed by atoms with E-state index in [0.29, 0.717) is 50.8 Å². The van der Waals surface area contributed by atoms with Crippen molar-refractivity contribution in [1.82, 2.24) is 9.88 Å². The standard InChI is InChI=1S/C21H24F3N3O3/c1-2-29-17-5-7-18(8-6-17)30-15-20(28)27-11-3-10-26(12-13-27)19-9-4-16(14-25-19)21(22,23)24/h4-9,14H,2-3,10-13,15H2,1H3. The number of anilines is 1. The van der Waals surface area contributed by atoms with Gasteiger partial charge in [-0.05, 0) is 49.7 Å². The second kappa shape index (κ2) is 9.69. The van der Waals surface area contributed by atoms with Gasteiger partial charge in [-0.2, -0.15) is 13.2 Å². The van der Waals surface area contributed by atoms with Gasteiger partial charge in [-0.1, -0.05) is 0 Å². The Morgan fingerprint density at radius 2 is 1.70 bits per heavy atom. The van der Waals surface area contributed by atoms with E-state index >= 15 is 0 Å². The molecule has 0 saturated carbocycles. The van der Waals surface area contributed by atoms with E-state index in [4.69, 9.17) is 9.47 Å². The molecule has 1 aromatic carbocycles. The van der Waals surface area contributed by atoms with Crippen molar-refractivity contribution in [3.63, 3.8) is 0 Å². The summed E-state index contributed by atoms with van der Waals surface area (Å²) in [5.74, 6) is 1.66. The van der Waals surface area contributed by atoms with Crippen molar-refractivity contribution in [3.8, 4) is 11.5 Å². The molecule has 0 radical (unpaired) electrons. The fraction of sp³-hybridized carbons (Fsp3) is 0.429. The number of hydrogen-bond acceptors (Lipinski definition) is 5. The Kier molecular flexibility index (Phi) is 7.02. The first-order valence-corrected chi connectivity index (χ1v) is 9.78. The molecule has 6 nitrogen and oxygen atoms in total. The normalized spacial score (nSPS) is 14.9. The highest BCUT2D eigenvalue weighted by Crippen LogP contribution is 2.29. The quantitative estimate of drug-likeness (QED) is 0.711. The number of alkyl halides is 3. The third-order valence-electron chi connectivity index (χ3n) is 4.74. The van der Waals surface area contributed by atoms with Crippen molar-refractivity contribution in [2.45, 2.75) is 19.5 Å². The number of carbonyl (C=O) groups is 1. The molecule has 30 heavy (non-hydrogen) atoms. The lowest BCUT2D eigenvalue weighted by molar-refractivity contribution is -0.137. The molecule has 1 amide bonds. The molecule has 2 heterocycles. The third kappa shape index (κ3) is 5.77. The maximum atomic E-state index is 12.7. The van der Waals surface area contributed by atoms with Gasteiger partial charge in [-0.15, -0.1) is 0 Å². The van der Waals surface area contributed by atoms with Crippen molar-refractivity contribution >= 4 is 11.7 Å². The Morgan fingerprint density at radius 3 is 2.30 bits per heavy atom. The summed E-state index contributed by atoms with van der Waals surface area (Å²) < 4.78 is 49.0. The molecule has 0 N–H and O–H groups in total. The topological polar surface area (TPSA) is 54.9 Å². The number of benzene rings is 1. The number of aromatic nitrogens is 1. The summed E-state index contributed by atoms with van der Waals surface area (Å²) in [6.45, 7) is 4.52. The molecule has 9 heteroatoms. The highest BCUT2D eigenvalue weighted by atomic mass is 19.4. The lowest BCUT2D eigenvalue weighted by atomic mass is 10.2. The molecule has 162 valence electrons. The van der Waals surface area contributed by atoms with Crippen molar-refractivity contribution in [2.75, 3.05) is 44.3 Å². The molecular weight excluding hydrogens is 399 g/mol. The van der Waals surface area contributed by atoms with E-state index in [-0.39, 0.29) is 12.5 Å². The summed E-state index contributed by atoms with van der Waals surface area (Å²) >= 11 is 0. The number of hydrogen-bond donors (Lipinski definition) is 0. The molecule has 0 spiro atoms. The smallest absolute Gasteiger partial charge is 0.417 e. The van der Waals surface area contributed by atoms with Crippen molar-refractivity contribution < 1.29 is 27.4 Å². The van der Waals surface area contributed by atoms with E-state index < -0.39 is 11.7 Å².